The van der Waals surface area contributed by atoms with Gasteiger partial charge < -0.3 is 14.6 Å². The Kier molecular flexibility index (Phi) is 4.27. The average Bonchev–Trinajstić information content (AvgIpc) is 2.67. The van der Waals surface area contributed by atoms with E-state index < -0.39 is 27.4 Å². The number of rotatable bonds is 4. The molecule has 0 aliphatic rings. The van der Waals surface area contributed by atoms with E-state index in [1.165, 1.54) is 19.1 Å². The molecule has 0 unspecified atom stereocenters. The quantitative estimate of drug-likeness (QED) is 0.783. The van der Waals surface area contributed by atoms with Crippen LogP contribution in [0.3, 0.4) is 0 Å². The first kappa shape index (κ1) is 15.8. The third-order valence-electron chi connectivity index (χ3n) is 2.68. The van der Waals surface area contributed by atoms with Crippen LogP contribution < -0.4 is 4.72 Å². The summed E-state index contributed by atoms with van der Waals surface area (Å²) in [5, 5.41) is 20.0. The van der Waals surface area contributed by atoms with Crippen LogP contribution in [0.15, 0.2) is 22.6 Å². The van der Waals surface area contributed by atoms with E-state index in [1.807, 2.05) is 4.72 Å². The molecule has 0 spiro atoms. The summed E-state index contributed by atoms with van der Waals surface area (Å²) in [5.41, 5.74) is 0.149. The molecule has 9 heteroatoms. The zero-order valence-electron chi connectivity index (χ0n) is 10.7. The van der Waals surface area contributed by atoms with Crippen LogP contribution in [-0.2, 0) is 10.0 Å². The molecule has 0 saturated carbocycles. The summed E-state index contributed by atoms with van der Waals surface area (Å²) < 4.78 is 30.2. The number of aromatic hydroxyl groups is 2. The summed E-state index contributed by atoms with van der Waals surface area (Å²) in [6, 6.07) is 4.62. The van der Waals surface area contributed by atoms with Crippen molar-refractivity contribution in [2.24, 2.45) is 0 Å². The van der Waals surface area contributed by atoms with E-state index in [4.69, 9.17) is 27.6 Å². The monoisotopic (exact) mass is 351 g/mol. The van der Waals surface area contributed by atoms with Gasteiger partial charge in [-0.25, -0.2) is 13.1 Å². The minimum absolute atomic E-state index is 0.149. The first-order valence-corrected chi connectivity index (χ1v) is 8.17. The first-order chi connectivity index (χ1) is 9.76. The van der Waals surface area contributed by atoms with Crippen LogP contribution in [-0.4, -0.2) is 24.4 Å². The zero-order valence-corrected chi connectivity index (χ0v) is 13.1. The Labute approximate surface area is 131 Å². The molecule has 6 nitrogen and oxygen atoms in total. The number of benzene rings is 1. The second-order valence-electron chi connectivity index (χ2n) is 4.06. The van der Waals surface area contributed by atoms with Crippen molar-refractivity contribution in [3.63, 3.8) is 0 Å². The van der Waals surface area contributed by atoms with Crippen molar-refractivity contribution in [2.75, 3.05) is 10.5 Å². The first-order valence-electron chi connectivity index (χ1n) is 5.76. The number of hydrogen-bond acceptors (Lipinski definition) is 5. The van der Waals surface area contributed by atoms with E-state index in [1.54, 1.807) is 6.07 Å². The molecule has 0 aliphatic heterocycles. The van der Waals surface area contributed by atoms with Gasteiger partial charge in [-0.1, -0.05) is 29.3 Å². The molecule has 3 N–H and O–H groups in total. The van der Waals surface area contributed by atoms with Crippen LogP contribution in [0.5, 0.6) is 11.5 Å². The smallest absolute Gasteiger partial charge is 0.253 e. The Balaban J connectivity index is 2.58. The second kappa shape index (κ2) is 5.67. The van der Waals surface area contributed by atoms with Crippen molar-refractivity contribution in [3.8, 4) is 22.8 Å². The maximum atomic E-state index is 11.5. The van der Waals surface area contributed by atoms with Crippen LogP contribution in [0, 0.1) is 0 Å². The van der Waals surface area contributed by atoms with Gasteiger partial charge in [0.2, 0.25) is 21.5 Å². The maximum absolute atomic E-state index is 11.5. The Morgan fingerprint density at radius 1 is 1.19 bits per heavy atom. The molecule has 0 atom stereocenters. The van der Waals surface area contributed by atoms with E-state index in [0.717, 1.165) is 0 Å². The Morgan fingerprint density at radius 2 is 1.76 bits per heavy atom. The Morgan fingerprint density at radius 3 is 2.29 bits per heavy atom. The summed E-state index contributed by atoms with van der Waals surface area (Å²) in [5.74, 6) is -2.34. The summed E-state index contributed by atoms with van der Waals surface area (Å²) >= 11 is 12.0. The Hall–Kier alpha value is -1.57. The molecule has 1 aromatic carbocycles. The number of furan rings is 1. The normalized spacial score (nSPS) is 11.6. The minimum atomic E-state index is -3.68. The van der Waals surface area contributed by atoms with Gasteiger partial charge >= 0.3 is 0 Å². The highest BCUT2D eigenvalue weighted by atomic mass is 35.5. The molecule has 0 amide bonds. The summed E-state index contributed by atoms with van der Waals surface area (Å²) in [7, 11) is -3.68. The van der Waals surface area contributed by atoms with Crippen molar-refractivity contribution < 1.29 is 23.0 Å². The number of nitrogens with one attached hydrogen (secondary N) is 1. The van der Waals surface area contributed by atoms with Crippen molar-refractivity contribution in [2.45, 2.75) is 6.92 Å². The van der Waals surface area contributed by atoms with Gasteiger partial charge in [0.05, 0.1) is 21.4 Å². The molecule has 0 fully saturated rings. The fraction of sp³-hybridized carbons (Fsp3) is 0.167. The highest BCUT2D eigenvalue weighted by molar-refractivity contribution is 7.92. The second-order valence-corrected chi connectivity index (χ2v) is 6.89. The summed E-state index contributed by atoms with van der Waals surface area (Å²) in [6.07, 6.45) is 0. The molecule has 1 aromatic heterocycles. The highest BCUT2D eigenvalue weighted by Gasteiger charge is 2.26. The van der Waals surface area contributed by atoms with E-state index >= 15 is 0 Å². The maximum Gasteiger partial charge on any atom is 0.253 e. The van der Waals surface area contributed by atoms with Crippen LogP contribution in [0.4, 0.5) is 5.88 Å². The van der Waals surface area contributed by atoms with Gasteiger partial charge in [-0.15, -0.1) is 0 Å². The standard InChI is InChI=1S/C12H11Cl2NO5S/c1-2-21(18,19)15-12-10(17)9(16)11(20-12)8-6(13)4-3-5-7(8)14/h3-5,15-17H,2H2,1H3. The SMILES string of the molecule is CCS(=O)(=O)Nc1oc(-c2c(Cl)cccc2Cl)c(O)c1O. The van der Waals surface area contributed by atoms with Gasteiger partial charge in [-0.05, 0) is 19.1 Å². The van der Waals surface area contributed by atoms with Crippen molar-refractivity contribution in [3.05, 3.63) is 28.2 Å². The highest BCUT2D eigenvalue weighted by Crippen LogP contribution is 2.49. The van der Waals surface area contributed by atoms with Crippen LogP contribution >= 0.6 is 23.2 Å². The average molecular weight is 352 g/mol. The lowest BCUT2D eigenvalue weighted by Gasteiger charge is -2.04. The zero-order chi connectivity index (χ0) is 15.8. The van der Waals surface area contributed by atoms with Gasteiger partial charge in [-0.3, -0.25) is 0 Å². The lowest BCUT2D eigenvalue weighted by Crippen LogP contribution is -2.14. The van der Waals surface area contributed by atoms with Gasteiger partial charge in [0.25, 0.3) is 5.88 Å². The molecule has 2 aromatic rings. The molecular weight excluding hydrogens is 341 g/mol. The molecule has 2 rings (SSSR count). The number of anilines is 1. The predicted octanol–water partition coefficient (Wildman–Crippen LogP) is 3.43. The number of hydrogen-bond donors (Lipinski definition) is 3. The van der Waals surface area contributed by atoms with Gasteiger partial charge in [0.1, 0.15) is 0 Å². The fourth-order valence-corrected chi connectivity index (χ4v) is 2.71. The number of halogens is 2. The van der Waals surface area contributed by atoms with Crippen molar-refractivity contribution in [1.82, 2.24) is 0 Å². The summed E-state index contributed by atoms with van der Waals surface area (Å²) in [4.78, 5) is 0. The molecule has 0 bridgehead atoms. The third-order valence-corrected chi connectivity index (χ3v) is 4.56. The van der Waals surface area contributed by atoms with Crippen LogP contribution in [0.2, 0.25) is 10.0 Å². The van der Waals surface area contributed by atoms with Crippen LogP contribution in [0.1, 0.15) is 6.92 Å². The predicted molar refractivity (Wildman–Crippen MR) is 80.6 cm³/mol. The largest absolute Gasteiger partial charge is 0.502 e. The van der Waals surface area contributed by atoms with Gasteiger partial charge in [0.15, 0.2) is 5.76 Å². The van der Waals surface area contributed by atoms with E-state index in [9.17, 15) is 18.6 Å². The topological polar surface area (TPSA) is 99.8 Å². The molecule has 21 heavy (non-hydrogen) atoms. The molecule has 0 radical (unpaired) electrons. The third kappa shape index (κ3) is 3.04. The van der Waals surface area contributed by atoms with Gasteiger partial charge in [0, 0.05) is 0 Å². The molecular formula is C12H11Cl2NO5S. The van der Waals surface area contributed by atoms with Crippen molar-refractivity contribution >= 4 is 39.1 Å². The van der Waals surface area contributed by atoms with E-state index in [-0.39, 0.29) is 27.1 Å². The van der Waals surface area contributed by atoms with Crippen molar-refractivity contribution in [1.29, 1.82) is 0 Å². The Bertz CT molecular complexity index is 765. The van der Waals surface area contributed by atoms with Crippen LogP contribution in [0.25, 0.3) is 11.3 Å². The molecule has 114 valence electrons. The summed E-state index contributed by atoms with van der Waals surface area (Å²) in [6.45, 7) is 1.41. The molecule has 1 heterocycles. The lowest BCUT2D eigenvalue weighted by atomic mass is 10.1. The van der Waals surface area contributed by atoms with E-state index in [2.05, 4.69) is 0 Å². The number of sulfonamides is 1. The van der Waals surface area contributed by atoms with Gasteiger partial charge in [-0.2, -0.15) is 0 Å². The molecule has 0 aliphatic carbocycles. The fourth-order valence-electron chi connectivity index (χ4n) is 1.58. The molecule has 0 saturated heterocycles. The minimum Gasteiger partial charge on any atom is -0.502 e. The van der Waals surface area contributed by atoms with E-state index in [0.29, 0.717) is 0 Å². The lowest BCUT2D eigenvalue weighted by molar-refractivity contribution is 0.410.